The summed E-state index contributed by atoms with van der Waals surface area (Å²) >= 11 is 0. The fourth-order valence-electron chi connectivity index (χ4n) is 7.52. The van der Waals surface area contributed by atoms with E-state index in [1.165, 1.54) is 135 Å². The molecule has 0 aliphatic carbocycles. The van der Waals surface area contributed by atoms with Gasteiger partial charge in [0.05, 0.1) is 0 Å². The van der Waals surface area contributed by atoms with Crippen LogP contribution in [0.3, 0.4) is 0 Å². The molecule has 0 N–H and O–H groups in total. The maximum atomic E-state index is 12.8. The third kappa shape index (κ3) is 49.9. The first-order valence-electron chi connectivity index (χ1n) is 27.0. The average Bonchev–Trinajstić information content (AvgIpc) is 3.29. The Morgan fingerprint density at radius 1 is 0.328 bits per heavy atom. The number of esters is 3. The average molecular weight is 893 g/mol. The number of ether oxygens (including phenoxy) is 3. The lowest BCUT2D eigenvalue weighted by molar-refractivity contribution is -0.167. The van der Waals surface area contributed by atoms with Gasteiger partial charge in [-0.2, -0.15) is 0 Å². The van der Waals surface area contributed by atoms with Crippen molar-refractivity contribution >= 4 is 17.9 Å². The topological polar surface area (TPSA) is 78.9 Å². The molecule has 0 spiro atoms. The summed E-state index contributed by atoms with van der Waals surface area (Å²) in [5.74, 6) is -0.948. The van der Waals surface area contributed by atoms with Crippen LogP contribution in [0.5, 0.6) is 0 Å². The molecule has 6 nitrogen and oxygen atoms in total. The Balaban J connectivity index is 4.44. The van der Waals surface area contributed by atoms with Crippen molar-refractivity contribution in [3.05, 3.63) is 72.9 Å². The van der Waals surface area contributed by atoms with Gasteiger partial charge in [-0.25, -0.2) is 0 Å². The largest absolute Gasteiger partial charge is 0.462 e. The van der Waals surface area contributed by atoms with E-state index < -0.39 is 6.10 Å². The van der Waals surface area contributed by atoms with E-state index in [4.69, 9.17) is 14.2 Å². The van der Waals surface area contributed by atoms with Crippen LogP contribution in [-0.2, 0) is 28.6 Å². The monoisotopic (exact) mass is 893 g/mol. The number of rotatable bonds is 48. The molecule has 0 bridgehead atoms. The van der Waals surface area contributed by atoms with Crippen LogP contribution >= 0.6 is 0 Å². The lowest BCUT2D eigenvalue weighted by Crippen LogP contribution is -2.30. The Morgan fingerprint density at radius 3 is 1.02 bits per heavy atom. The number of carbonyl (C=O) groups excluding carboxylic acids is 3. The summed E-state index contributed by atoms with van der Waals surface area (Å²) in [6, 6.07) is 0. The van der Waals surface area contributed by atoms with E-state index >= 15 is 0 Å². The molecule has 0 aromatic carbocycles. The van der Waals surface area contributed by atoms with Gasteiger partial charge >= 0.3 is 17.9 Å². The van der Waals surface area contributed by atoms with Crippen LogP contribution in [0.25, 0.3) is 0 Å². The summed E-state index contributed by atoms with van der Waals surface area (Å²) in [7, 11) is 0. The summed E-state index contributed by atoms with van der Waals surface area (Å²) in [5.41, 5.74) is 0. The Hall–Kier alpha value is -3.15. The molecule has 0 heterocycles. The predicted molar refractivity (Wildman–Crippen MR) is 274 cm³/mol. The predicted octanol–water partition coefficient (Wildman–Crippen LogP) is 17.8. The summed E-state index contributed by atoms with van der Waals surface area (Å²) in [4.78, 5) is 38.0. The summed E-state index contributed by atoms with van der Waals surface area (Å²) in [6.07, 6.45) is 66.0. The van der Waals surface area contributed by atoms with E-state index in [2.05, 4.69) is 45.1 Å². The van der Waals surface area contributed by atoms with Gasteiger partial charge in [0.25, 0.3) is 0 Å². The van der Waals surface area contributed by atoms with Crippen molar-refractivity contribution in [3.63, 3.8) is 0 Å². The highest BCUT2D eigenvalue weighted by Crippen LogP contribution is 2.16. The van der Waals surface area contributed by atoms with E-state index in [1.807, 2.05) is 48.6 Å². The second kappa shape index (κ2) is 52.5. The van der Waals surface area contributed by atoms with Crippen molar-refractivity contribution < 1.29 is 28.6 Å². The highest BCUT2D eigenvalue weighted by molar-refractivity contribution is 5.71. The Morgan fingerprint density at radius 2 is 0.625 bits per heavy atom. The lowest BCUT2D eigenvalue weighted by Gasteiger charge is -2.18. The highest BCUT2D eigenvalue weighted by Gasteiger charge is 2.19. The van der Waals surface area contributed by atoms with Gasteiger partial charge in [-0.1, -0.05) is 248 Å². The Kier molecular flexibility index (Phi) is 49.9. The number of unbranched alkanes of at least 4 members (excludes halogenated alkanes) is 29. The third-order valence-corrected chi connectivity index (χ3v) is 11.6. The molecule has 0 amide bonds. The number of hydrogen-bond donors (Lipinski definition) is 0. The van der Waals surface area contributed by atoms with Crippen LogP contribution in [0, 0.1) is 0 Å². The van der Waals surface area contributed by atoms with E-state index in [0.29, 0.717) is 19.3 Å². The van der Waals surface area contributed by atoms with Crippen molar-refractivity contribution in [2.45, 2.75) is 264 Å². The minimum atomic E-state index is -0.801. The maximum Gasteiger partial charge on any atom is 0.306 e. The van der Waals surface area contributed by atoms with Gasteiger partial charge in [-0.3, -0.25) is 14.4 Å². The van der Waals surface area contributed by atoms with Crippen molar-refractivity contribution in [2.75, 3.05) is 13.2 Å². The van der Waals surface area contributed by atoms with E-state index in [1.54, 1.807) is 0 Å². The van der Waals surface area contributed by atoms with Crippen molar-refractivity contribution in [1.29, 1.82) is 0 Å². The first-order chi connectivity index (χ1) is 31.5. The van der Waals surface area contributed by atoms with Crippen molar-refractivity contribution in [3.8, 4) is 0 Å². The Labute approximate surface area is 395 Å². The molecule has 0 radical (unpaired) electrons. The van der Waals surface area contributed by atoms with Crippen LogP contribution in [0.1, 0.15) is 258 Å². The molecule has 0 fully saturated rings. The molecule has 0 saturated carbocycles. The number of allylic oxidation sites excluding steroid dienone is 12. The van der Waals surface area contributed by atoms with Gasteiger partial charge in [-0.05, 0) is 64.2 Å². The molecule has 1 atom stereocenters. The molecule has 6 heteroatoms. The minimum Gasteiger partial charge on any atom is -0.462 e. The maximum absolute atomic E-state index is 12.8. The minimum absolute atomic E-state index is 0.0955. The van der Waals surface area contributed by atoms with Gasteiger partial charge in [-0.15, -0.1) is 0 Å². The molecule has 0 saturated heterocycles. The molecular formula is C58H100O6. The zero-order valence-electron chi connectivity index (χ0n) is 42.0. The van der Waals surface area contributed by atoms with Gasteiger partial charge in [0.2, 0.25) is 0 Å². The molecule has 0 aliphatic heterocycles. The standard InChI is InChI=1S/C58H100O6/c1-4-7-10-13-16-19-22-25-28-29-31-33-36-39-42-45-48-51-57(60)63-54-55(53-62-56(59)50-47-44-41-38-35-32-27-24-21-18-15-12-9-6-3)64-58(61)52-49-46-43-40-37-34-30-26-23-20-17-14-11-8-5-2/h8,11,14,17,20,23,26,30,32,34-35,37,55H,4-7,9-10,12-13,15-16,18-19,21-22,24-25,27-29,31,33,36,38-54H2,1-3H3/b11-8-,17-14-,23-20-,30-26-,35-32-,37-34-. The number of hydrogen-bond acceptors (Lipinski definition) is 6. The second-order valence-corrected chi connectivity index (χ2v) is 17.9. The first-order valence-corrected chi connectivity index (χ1v) is 27.0. The van der Waals surface area contributed by atoms with Crippen LogP contribution in [-0.4, -0.2) is 37.2 Å². The molecule has 368 valence electrons. The summed E-state index contributed by atoms with van der Waals surface area (Å²) < 4.78 is 16.8. The van der Waals surface area contributed by atoms with Gasteiger partial charge in [0.1, 0.15) is 13.2 Å². The third-order valence-electron chi connectivity index (χ3n) is 11.6. The highest BCUT2D eigenvalue weighted by atomic mass is 16.6. The fraction of sp³-hybridized carbons (Fsp3) is 0.741. The normalized spacial score (nSPS) is 12.6. The molecule has 1 unspecified atom stereocenters. The molecule has 64 heavy (non-hydrogen) atoms. The zero-order valence-corrected chi connectivity index (χ0v) is 42.0. The lowest BCUT2D eigenvalue weighted by atomic mass is 10.0. The zero-order chi connectivity index (χ0) is 46.5. The molecular weight excluding hydrogens is 793 g/mol. The van der Waals surface area contributed by atoms with E-state index in [-0.39, 0.29) is 37.5 Å². The molecule has 0 aliphatic rings. The van der Waals surface area contributed by atoms with Gasteiger partial charge < -0.3 is 14.2 Å². The van der Waals surface area contributed by atoms with Crippen LogP contribution < -0.4 is 0 Å². The summed E-state index contributed by atoms with van der Waals surface area (Å²) in [5, 5.41) is 0. The van der Waals surface area contributed by atoms with Crippen LogP contribution in [0.2, 0.25) is 0 Å². The van der Waals surface area contributed by atoms with Gasteiger partial charge in [0.15, 0.2) is 6.10 Å². The van der Waals surface area contributed by atoms with Crippen molar-refractivity contribution in [1.82, 2.24) is 0 Å². The fourth-order valence-corrected chi connectivity index (χ4v) is 7.52. The quantitative estimate of drug-likeness (QED) is 0.0199. The van der Waals surface area contributed by atoms with Crippen LogP contribution in [0.15, 0.2) is 72.9 Å². The van der Waals surface area contributed by atoms with Gasteiger partial charge in [0, 0.05) is 19.3 Å². The summed E-state index contributed by atoms with van der Waals surface area (Å²) in [6.45, 7) is 6.46. The van der Waals surface area contributed by atoms with Crippen molar-refractivity contribution in [2.24, 2.45) is 0 Å². The van der Waals surface area contributed by atoms with E-state index in [0.717, 1.165) is 77.0 Å². The molecule has 0 aromatic rings. The second-order valence-electron chi connectivity index (χ2n) is 17.9. The smallest absolute Gasteiger partial charge is 0.306 e. The number of carbonyl (C=O) groups is 3. The first kappa shape index (κ1) is 60.9. The Bertz CT molecular complexity index is 1210. The molecule has 0 aromatic heterocycles. The SMILES string of the molecule is CC\C=C/C=C\C=C/C=C\C=C/CCCCCC(=O)OC(COC(=O)CCCCC/C=C\CCCCCCCCC)COC(=O)CCCCCCCCCCCCCCCCCCC. The molecule has 0 rings (SSSR count). The van der Waals surface area contributed by atoms with E-state index in [9.17, 15) is 14.4 Å². The van der Waals surface area contributed by atoms with Crippen LogP contribution in [0.4, 0.5) is 0 Å².